The van der Waals surface area contributed by atoms with Gasteiger partial charge in [-0.1, -0.05) is 30.3 Å². The fourth-order valence-corrected chi connectivity index (χ4v) is 2.10. The fourth-order valence-electron chi connectivity index (χ4n) is 2.10. The second-order valence-corrected chi connectivity index (χ2v) is 4.61. The van der Waals surface area contributed by atoms with Crippen molar-refractivity contribution in [2.75, 3.05) is 0 Å². The zero-order valence-corrected chi connectivity index (χ0v) is 10.7. The Balaban J connectivity index is 2.43. The summed E-state index contributed by atoms with van der Waals surface area (Å²) in [4.78, 5) is 22.4. The normalized spacial score (nSPS) is 10.6. The number of carbonyl (C=O) groups excluding carboxylic acids is 2. The Morgan fingerprint density at radius 1 is 1.06 bits per heavy atom. The van der Waals surface area contributed by atoms with Crippen molar-refractivity contribution in [1.82, 2.24) is 0 Å². The van der Waals surface area contributed by atoms with E-state index < -0.39 is 0 Å². The lowest BCUT2D eigenvalue weighted by atomic mass is 9.98. The zero-order chi connectivity index (χ0) is 13.1. The average molecular weight is 240 g/mol. The zero-order valence-electron chi connectivity index (χ0n) is 10.7. The summed E-state index contributed by atoms with van der Waals surface area (Å²) in [5, 5.41) is 2.19. The summed E-state index contributed by atoms with van der Waals surface area (Å²) in [6.45, 7) is 3.18. The third-order valence-electron chi connectivity index (χ3n) is 3.12. The summed E-state index contributed by atoms with van der Waals surface area (Å²) in [7, 11) is 0. The van der Waals surface area contributed by atoms with Crippen LogP contribution in [0.5, 0.6) is 0 Å². The minimum atomic E-state index is 0.0750. The SMILES string of the molecule is CC(=O)CCc1cccc2cc(C(C)=O)ccc12. The Morgan fingerprint density at radius 3 is 2.50 bits per heavy atom. The molecule has 0 aliphatic rings. The molecule has 0 radical (unpaired) electrons. The maximum absolute atomic E-state index is 11.3. The van der Waals surface area contributed by atoms with E-state index in [4.69, 9.17) is 0 Å². The van der Waals surface area contributed by atoms with Crippen LogP contribution in [-0.4, -0.2) is 11.6 Å². The van der Waals surface area contributed by atoms with Gasteiger partial charge in [0.1, 0.15) is 5.78 Å². The van der Waals surface area contributed by atoms with Gasteiger partial charge in [0.2, 0.25) is 0 Å². The van der Waals surface area contributed by atoms with Crippen molar-refractivity contribution in [1.29, 1.82) is 0 Å². The molecule has 0 aromatic heterocycles. The lowest BCUT2D eigenvalue weighted by Crippen LogP contribution is -1.96. The van der Waals surface area contributed by atoms with Crippen LogP contribution in [0.4, 0.5) is 0 Å². The van der Waals surface area contributed by atoms with Gasteiger partial charge >= 0.3 is 0 Å². The standard InChI is InChI=1S/C16H16O2/c1-11(17)6-7-13-4-3-5-15-10-14(12(2)18)8-9-16(13)15/h3-5,8-10H,6-7H2,1-2H3. The first-order chi connectivity index (χ1) is 8.58. The molecule has 0 atom stereocenters. The fraction of sp³-hybridized carbons (Fsp3) is 0.250. The number of hydrogen-bond donors (Lipinski definition) is 0. The molecule has 0 fully saturated rings. The van der Waals surface area contributed by atoms with E-state index in [-0.39, 0.29) is 11.6 Å². The van der Waals surface area contributed by atoms with Gasteiger partial charge in [-0.3, -0.25) is 4.79 Å². The van der Waals surface area contributed by atoms with Crippen LogP contribution in [0.25, 0.3) is 10.8 Å². The molecule has 0 saturated carbocycles. The first kappa shape index (κ1) is 12.5. The molecular formula is C16H16O2. The van der Waals surface area contributed by atoms with Gasteiger partial charge in [-0.25, -0.2) is 0 Å². The average Bonchev–Trinajstić information content (AvgIpc) is 2.35. The topological polar surface area (TPSA) is 34.1 Å². The highest BCUT2D eigenvalue weighted by Crippen LogP contribution is 2.21. The Bertz CT molecular complexity index is 612. The van der Waals surface area contributed by atoms with Gasteiger partial charge in [-0.05, 0) is 42.7 Å². The van der Waals surface area contributed by atoms with Gasteiger partial charge in [0, 0.05) is 12.0 Å². The molecular weight excluding hydrogens is 224 g/mol. The van der Waals surface area contributed by atoms with Gasteiger partial charge in [0.25, 0.3) is 0 Å². The first-order valence-corrected chi connectivity index (χ1v) is 6.10. The first-order valence-electron chi connectivity index (χ1n) is 6.10. The highest BCUT2D eigenvalue weighted by Gasteiger charge is 2.05. The molecule has 0 aliphatic carbocycles. The van der Waals surface area contributed by atoms with Crippen molar-refractivity contribution in [2.24, 2.45) is 0 Å². The van der Waals surface area contributed by atoms with Crippen molar-refractivity contribution in [3.63, 3.8) is 0 Å². The van der Waals surface area contributed by atoms with Gasteiger partial charge in [0.15, 0.2) is 5.78 Å². The number of carbonyl (C=O) groups is 2. The van der Waals surface area contributed by atoms with Crippen molar-refractivity contribution in [2.45, 2.75) is 26.7 Å². The molecule has 0 unspecified atom stereocenters. The van der Waals surface area contributed by atoms with E-state index >= 15 is 0 Å². The monoisotopic (exact) mass is 240 g/mol. The minimum absolute atomic E-state index is 0.0750. The van der Waals surface area contributed by atoms with Crippen LogP contribution in [-0.2, 0) is 11.2 Å². The Hall–Kier alpha value is -1.96. The quantitative estimate of drug-likeness (QED) is 0.766. The molecule has 0 heterocycles. The summed E-state index contributed by atoms with van der Waals surface area (Å²) in [6.07, 6.45) is 1.32. The van der Waals surface area contributed by atoms with Crippen molar-refractivity contribution in [3.05, 3.63) is 47.5 Å². The third kappa shape index (κ3) is 2.65. The minimum Gasteiger partial charge on any atom is -0.300 e. The van der Waals surface area contributed by atoms with E-state index in [0.29, 0.717) is 6.42 Å². The molecule has 0 amide bonds. The summed E-state index contributed by atoms with van der Waals surface area (Å²) in [5.74, 6) is 0.276. The Labute approximate surface area is 107 Å². The van der Waals surface area contributed by atoms with E-state index in [1.807, 2.05) is 36.4 Å². The molecule has 2 heteroatoms. The van der Waals surface area contributed by atoms with Crippen LogP contribution >= 0.6 is 0 Å². The van der Waals surface area contributed by atoms with E-state index in [1.54, 1.807) is 13.8 Å². The molecule has 2 aromatic carbocycles. The van der Waals surface area contributed by atoms with E-state index in [2.05, 4.69) is 0 Å². The van der Waals surface area contributed by atoms with Crippen LogP contribution < -0.4 is 0 Å². The molecule has 0 bridgehead atoms. The number of aryl methyl sites for hydroxylation is 1. The molecule has 0 aliphatic heterocycles. The number of ketones is 2. The maximum Gasteiger partial charge on any atom is 0.159 e. The third-order valence-corrected chi connectivity index (χ3v) is 3.12. The largest absolute Gasteiger partial charge is 0.300 e. The van der Waals surface area contributed by atoms with Gasteiger partial charge in [0.05, 0.1) is 0 Å². The van der Waals surface area contributed by atoms with E-state index in [0.717, 1.165) is 28.3 Å². The van der Waals surface area contributed by atoms with E-state index in [9.17, 15) is 9.59 Å². The van der Waals surface area contributed by atoms with Crippen LogP contribution in [0.15, 0.2) is 36.4 Å². The van der Waals surface area contributed by atoms with E-state index in [1.165, 1.54) is 0 Å². The Kier molecular flexibility index (Phi) is 3.56. The highest BCUT2D eigenvalue weighted by molar-refractivity contribution is 5.99. The summed E-state index contributed by atoms with van der Waals surface area (Å²) >= 11 is 0. The second-order valence-electron chi connectivity index (χ2n) is 4.61. The van der Waals surface area contributed by atoms with Crippen molar-refractivity contribution >= 4 is 22.3 Å². The lowest BCUT2D eigenvalue weighted by molar-refractivity contribution is -0.116. The van der Waals surface area contributed by atoms with Crippen LogP contribution in [0.2, 0.25) is 0 Å². The molecule has 0 spiro atoms. The Morgan fingerprint density at radius 2 is 1.83 bits per heavy atom. The smallest absolute Gasteiger partial charge is 0.159 e. The summed E-state index contributed by atoms with van der Waals surface area (Å²) < 4.78 is 0. The number of fused-ring (bicyclic) bond motifs is 1. The maximum atomic E-state index is 11.3. The highest BCUT2D eigenvalue weighted by atomic mass is 16.1. The molecule has 2 nitrogen and oxygen atoms in total. The summed E-state index contributed by atoms with van der Waals surface area (Å²) in [6, 6.07) is 11.7. The number of Topliss-reactive ketones (excluding diaryl/α,β-unsaturated/α-hetero) is 2. The van der Waals surface area contributed by atoms with Crippen molar-refractivity contribution in [3.8, 4) is 0 Å². The molecule has 2 aromatic rings. The van der Waals surface area contributed by atoms with Gasteiger partial charge in [-0.15, -0.1) is 0 Å². The molecule has 18 heavy (non-hydrogen) atoms. The van der Waals surface area contributed by atoms with Crippen LogP contribution in [0.3, 0.4) is 0 Å². The van der Waals surface area contributed by atoms with Crippen LogP contribution in [0.1, 0.15) is 36.2 Å². The molecule has 2 rings (SSSR count). The second kappa shape index (κ2) is 5.13. The molecule has 0 N–H and O–H groups in total. The van der Waals surface area contributed by atoms with Gasteiger partial charge < -0.3 is 4.79 Å². The predicted octanol–water partition coefficient (Wildman–Crippen LogP) is 3.56. The number of hydrogen-bond acceptors (Lipinski definition) is 2. The summed E-state index contributed by atoms with van der Waals surface area (Å²) in [5.41, 5.74) is 1.89. The molecule has 0 saturated heterocycles. The lowest BCUT2D eigenvalue weighted by Gasteiger charge is -2.06. The van der Waals surface area contributed by atoms with Gasteiger partial charge in [-0.2, -0.15) is 0 Å². The van der Waals surface area contributed by atoms with Crippen LogP contribution in [0, 0.1) is 0 Å². The molecule has 92 valence electrons. The number of rotatable bonds is 4. The number of benzene rings is 2. The van der Waals surface area contributed by atoms with Crippen molar-refractivity contribution < 1.29 is 9.59 Å². The predicted molar refractivity (Wildman–Crippen MR) is 73.0 cm³/mol.